The summed E-state index contributed by atoms with van der Waals surface area (Å²) < 4.78 is 0. The van der Waals surface area contributed by atoms with Crippen LogP contribution in [0.1, 0.15) is 43.9 Å². The van der Waals surface area contributed by atoms with Gasteiger partial charge in [0.05, 0.1) is 0 Å². The zero-order valence-electron chi connectivity index (χ0n) is 10.7. The van der Waals surface area contributed by atoms with E-state index in [1.54, 1.807) is 0 Å². The Kier molecular flexibility index (Phi) is 5.30. The van der Waals surface area contributed by atoms with E-state index in [1.165, 1.54) is 24.0 Å². The van der Waals surface area contributed by atoms with Crippen LogP contribution in [0.3, 0.4) is 0 Å². The Bertz CT molecular complexity index is 336. The molecule has 0 aliphatic heterocycles. The van der Waals surface area contributed by atoms with Gasteiger partial charge in [0, 0.05) is 11.1 Å². The van der Waals surface area contributed by atoms with Crippen molar-refractivity contribution in [1.82, 2.24) is 5.32 Å². The molecule has 0 amide bonds. The lowest BCUT2D eigenvalue weighted by Crippen LogP contribution is -2.24. The number of hydrogen-bond acceptors (Lipinski definition) is 1. The standard InChI is InChI=1S/C14H22ClN/c1-5-6-11(3)14(16-4)13-9-12(15)8-7-10(13)2/h7-9,11,14,16H,5-6H2,1-4H3. The first kappa shape index (κ1) is 13.5. The van der Waals surface area contributed by atoms with Crippen LogP contribution >= 0.6 is 11.6 Å². The van der Waals surface area contributed by atoms with Crippen molar-refractivity contribution in [2.45, 2.75) is 39.7 Å². The van der Waals surface area contributed by atoms with Gasteiger partial charge in [-0.3, -0.25) is 0 Å². The summed E-state index contributed by atoms with van der Waals surface area (Å²) in [6, 6.07) is 6.54. The van der Waals surface area contributed by atoms with Gasteiger partial charge < -0.3 is 5.32 Å². The van der Waals surface area contributed by atoms with Crippen molar-refractivity contribution >= 4 is 11.6 Å². The Morgan fingerprint density at radius 2 is 2.06 bits per heavy atom. The van der Waals surface area contributed by atoms with Crippen LogP contribution in [0.4, 0.5) is 0 Å². The van der Waals surface area contributed by atoms with E-state index in [0.29, 0.717) is 12.0 Å². The molecule has 1 N–H and O–H groups in total. The number of benzene rings is 1. The fraction of sp³-hybridized carbons (Fsp3) is 0.571. The van der Waals surface area contributed by atoms with E-state index < -0.39 is 0 Å². The van der Waals surface area contributed by atoms with Gasteiger partial charge in [-0.15, -0.1) is 0 Å². The maximum atomic E-state index is 6.07. The van der Waals surface area contributed by atoms with Crippen LogP contribution < -0.4 is 5.32 Å². The monoisotopic (exact) mass is 239 g/mol. The second kappa shape index (κ2) is 6.27. The van der Waals surface area contributed by atoms with Crippen LogP contribution in [0.25, 0.3) is 0 Å². The quantitative estimate of drug-likeness (QED) is 0.806. The summed E-state index contributed by atoms with van der Waals surface area (Å²) in [6.07, 6.45) is 2.45. The number of nitrogens with one attached hydrogen (secondary N) is 1. The summed E-state index contributed by atoms with van der Waals surface area (Å²) in [5.74, 6) is 0.632. The highest BCUT2D eigenvalue weighted by atomic mass is 35.5. The molecule has 0 radical (unpaired) electrons. The molecule has 1 aromatic rings. The normalized spacial score (nSPS) is 14.8. The molecule has 0 heterocycles. The summed E-state index contributed by atoms with van der Waals surface area (Å²) in [4.78, 5) is 0. The Morgan fingerprint density at radius 3 is 2.62 bits per heavy atom. The lowest BCUT2D eigenvalue weighted by molar-refractivity contribution is 0.383. The van der Waals surface area contributed by atoms with E-state index in [-0.39, 0.29) is 0 Å². The molecule has 0 fully saturated rings. The minimum absolute atomic E-state index is 0.402. The highest BCUT2D eigenvalue weighted by Crippen LogP contribution is 2.29. The molecule has 2 unspecified atom stereocenters. The molecular formula is C14H22ClN. The molecule has 0 bridgehead atoms. The Hall–Kier alpha value is -0.530. The number of halogens is 1. The minimum atomic E-state index is 0.402. The van der Waals surface area contributed by atoms with Crippen LogP contribution in [0.15, 0.2) is 18.2 Å². The van der Waals surface area contributed by atoms with Crippen molar-refractivity contribution < 1.29 is 0 Å². The van der Waals surface area contributed by atoms with Crippen molar-refractivity contribution in [2.24, 2.45) is 5.92 Å². The summed E-state index contributed by atoms with van der Waals surface area (Å²) >= 11 is 6.07. The largest absolute Gasteiger partial charge is 0.313 e. The molecule has 1 rings (SSSR count). The molecule has 1 nitrogen and oxygen atoms in total. The second-order valence-electron chi connectivity index (χ2n) is 4.53. The molecule has 2 heteroatoms. The van der Waals surface area contributed by atoms with Crippen molar-refractivity contribution in [2.75, 3.05) is 7.05 Å². The van der Waals surface area contributed by atoms with Crippen molar-refractivity contribution in [3.8, 4) is 0 Å². The lowest BCUT2D eigenvalue weighted by atomic mass is 9.89. The number of rotatable bonds is 5. The van der Waals surface area contributed by atoms with E-state index in [2.05, 4.69) is 38.2 Å². The molecule has 1 aromatic carbocycles. The molecule has 0 saturated carbocycles. The molecular weight excluding hydrogens is 218 g/mol. The van der Waals surface area contributed by atoms with Gasteiger partial charge in [-0.1, -0.05) is 37.9 Å². The van der Waals surface area contributed by atoms with Crippen LogP contribution in [-0.4, -0.2) is 7.05 Å². The lowest BCUT2D eigenvalue weighted by Gasteiger charge is -2.25. The Balaban J connectivity index is 2.98. The summed E-state index contributed by atoms with van der Waals surface area (Å²) in [5, 5.41) is 4.24. The van der Waals surface area contributed by atoms with Gasteiger partial charge in [0.1, 0.15) is 0 Å². The van der Waals surface area contributed by atoms with Crippen LogP contribution in [0.2, 0.25) is 5.02 Å². The maximum Gasteiger partial charge on any atom is 0.0409 e. The molecule has 0 aliphatic rings. The zero-order chi connectivity index (χ0) is 12.1. The van der Waals surface area contributed by atoms with Gasteiger partial charge in [-0.05, 0) is 49.6 Å². The average Bonchev–Trinajstić information content (AvgIpc) is 2.24. The van der Waals surface area contributed by atoms with E-state index >= 15 is 0 Å². The van der Waals surface area contributed by atoms with Gasteiger partial charge in [0.15, 0.2) is 0 Å². The smallest absolute Gasteiger partial charge is 0.0409 e. The maximum absolute atomic E-state index is 6.07. The van der Waals surface area contributed by atoms with E-state index in [1.807, 2.05) is 13.1 Å². The third-order valence-corrected chi connectivity index (χ3v) is 3.44. The molecule has 16 heavy (non-hydrogen) atoms. The topological polar surface area (TPSA) is 12.0 Å². The Labute approximate surface area is 104 Å². The van der Waals surface area contributed by atoms with Gasteiger partial charge in [0.2, 0.25) is 0 Å². The third kappa shape index (κ3) is 3.23. The van der Waals surface area contributed by atoms with E-state index in [0.717, 1.165) is 5.02 Å². The van der Waals surface area contributed by atoms with Crippen LogP contribution in [0.5, 0.6) is 0 Å². The predicted octanol–water partition coefficient (Wildman–Crippen LogP) is 4.35. The van der Waals surface area contributed by atoms with Crippen LogP contribution in [0, 0.1) is 12.8 Å². The fourth-order valence-electron chi connectivity index (χ4n) is 2.31. The SMILES string of the molecule is CCCC(C)C(NC)c1cc(Cl)ccc1C. The fourth-order valence-corrected chi connectivity index (χ4v) is 2.50. The van der Waals surface area contributed by atoms with Gasteiger partial charge >= 0.3 is 0 Å². The highest BCUT2D eigenvalue weighted by molar-refractivity contribution is 6.30. The number of hydrogen-bond donors (Lipinski definition) is 1. The third-order valence-electron chi connectivity index (χ3n) is 3.20. The van der Waals surface area contributed by atoms with Gasteiger partial charge in [-0.25, -0.2) is 0 Å². The first-order valence-corrected chi connectivity index (χ1v) is 6.41. The summed E-state index contributed by atoms with van der Waals surface area (Å²) in [7, 11) is 2.02. The van der Waals surface area contributed by atoms with Gasteiger partial charge in [-0.2, -0.15) is 0 Å². The second-order valence-corrected chi connectivity index (χ2v) is 4.97. The average molecular weight is 240 g/mol. The van der Waals surface area contributed by atoms with Crippen molar-refractivity contribution in [3.63, 3.8) is 0 Å². The first-order valence-electron chi connectivity index (χ1n) is 6.03. The highest BCUT2D eigenvalue weighted by Gasteiger charge is 2.18. The predicted molar refractivity (Wildman–Crippen MR) is 72.1 cm³/mol. The van der Waals surface area contributed by atoms with Crippen molar-refractivity contribution in [3.05, 3.63) is 34.3 Å². The van der Waals surface area contributed by atoms with E-state index in [9.17, 15) is 0 Å². The van der Waals surface area contributed by atoms with Crippen LogP contribution in [-0.2, 0) is 0 Å². The van der Waals surface area contributed by atoms with Crippen molar-refractivity contribution in [1.29, 1.82) is 0 Å². The minimum Gasteiger partial charge on any atom is -0.313 e. The molecule has 0 aliphatic carbocycles. The molecule has 0 aromatic heterocycles. The van der Waals surface area contributed by atoms with E-state index in [4.69, 9.17) is 11.6 Å². The molecule has 90 valence electrons. The summed E-state index contributed by atoms with van der Waals surface area (Å²) in [6.45, 7) is 6.67. The molecule has 0 saturated heterocycles. The zero-order valence-corrected chi connectivity index (χ0v) is 11.4. The number of aryl methyl sites for hydroxylation is 1. The molecule has 0 spiro atoms. The molecule has 2 atom stereocenters. The first-order chi connectivity index (χ1) is 7.60. The Morgan fingerprint density at radius 1 is 1.38 bits per heavy atom. The van der Waals surface area contributed by atoms with Gasteiger partial charge in [0.25, 0.3) is 0 Å². The summed E-state index contributed by atoms with van der Waals surface area (Å²) in [5.41, 5.74) is 2.64.